The summed E-state index contributed by atoms with van der Waals surface area (Å²) < 4.78 is 9.90. The Hall–Kier alpha value is -0.690. The van der Waals surface area contributed by atoms with Gasteiger partial charge in [0.15, 0.2) is 5.60 Å². The van der Waals surface area contributed by atoms with Crippen molar-refractivity contribution < 1.29 is 24.5 Å². The topological polar surface area (TPSA) is 88.0 Å². The standard InChI is InChI=1S/C9H19NO5/c1-9(13,8(11)12)7-10-3-4-15-6-5-14-2/h10,13H,3-7H2,1-2H3,(H,11,12). The smallest absolute Gasteiger partial charge is 0.336 e. The van der Waals surface area contributed by atoms with E-state index in [1.165, 1.54) is 6.92 Å². The molecule has 0 aliphatic rings. The normalized spacial score (nSPS) is 14.9. The van der Waals surface area contributed by atoms with E-state index in [1.807, 2.05) is 0 Å². The summed E-state index contributed by atoms with van der Waals surface area (Å²) in [7, 11) is 1.59. The quantitative estimate of drug-likeness (QED) is 0.436. The molecule has 0 aromatic rings. The molecule has 6 nitrogen and oxygen atoms in total. The Morgan fingerprint density at radius 1 is 1.40 bits per heavy atom. The summed E-state index contributed by atoms with van der Waals surface area (Å²) in [6.45, 7) is 3.23. The van der Waals surface area contributed by atoms with Crippen LogP contribution in [0.1, 0.15) is 6.92 Å². The first-order chi connectivity index (χ1) is 7.00. The number of hydrogen-bond acceptors (Lipinski definition) is 5. The Labute approximate surface area is 89.2 Å². The number of carboxylic acids is 1. The lowest BCUT2D eigenvalue weighted by Crippen LogP contribution is -2.45. The summed E-state index contributed by atoms with van der Waals surface area (Å²) >= 11 is 0. The second-order valence-corrected chi connectivity index (χ2v) is 3.36. The van der Waals surface area contributed by atoms with Crippen LogP contribution in [0.4, 0.5) is 0 Å². The van der Waals surface area contributed by atoms with Crippen LogP contribution in [-0.2, 0) is 14.3 Å². The fourth-order valence-corrected chi connectivity index (χ4v) is 0.796. The molecule has 0 heterocycles. The molecule has 0 radical (unpaired) electrons. The Kier molecular flexibility index (Phi) is 7.23. The minimum Gasteiger partial charge on any atom is -0.479 e. The maximum atomic E-state index is 10.5. The van der Waals surface area contributed by atoms with Gasteiger partial charge in [0.05, 0.1) is 19.8 Å². The fourth-order valence-electron chi connectivity index (χ4n) is 0.796. The molecule has 0 spiro atoms. The largest absolute Gasteiger partial charge is 0.479 e. The predicted octanol–water partition coefficient (Wildman–Crippen LogP) is -0.925. The van der Waals surface area contributed by atoms with Gasteiger partial charge in [-0.2, -0.15) is 0 Å². The third-order valence-electron chi connectivity index (χ3n) is 1.78. The van der Waals surface area contributed by atoms with E-state index in [1.54, 1.807) is 7.11 Å². The monoisotopic (exact) mass is 221 g/mol. The average molecular weight is 221 g/mol. The zero-order valence-corrected chi connectivity index (χ0v) is 9.15. The fraction of sp³-hybridized carbons (Fsp3) is 0.889. The van der Waals surface area contributed by atoms with Crippen LogP contribution < -0.4 is 5.32 Å². The molecule has 0 aliphatic carbocycles. The molecule has 15 heavy (non-hydrogen) atoms. The first-order valence-electron chi connectivity index (χ1n) is 4.74. The highest BCUT2D eigenvalue weighted by Gasteiger charge is 2.28. The number of hydrogen-bond donors (Lipinski definition) is 3. The minimum absolute atomic E-state index is 0.00400. The van der Waals surface area contributed by atoms with Crippen LogP contribution in [0.3, 0.4) is 0 Å². The average Bonchev–Trinajstić information content (AvgIpc) is 2.16. The van der Waals surface area contributed by atoms with Gasteiger partial charge in [-0.05, 0) is 6.92 Å². The zero-order chi connectivity index (χ0) is 11.7. The zero-order valence-electron chi connectivity index (χ0n) is 9.15. The number of carbonyl (C=O) groups is 1. The molecular weight excluding hydrogens is 202 g/mol. The summed E-state index contributed by atoms with van der Waals surface area (Å²) in [6.07, 6.45) is 0. The van der Waals surface area contributed by atoms with E-state index in [2.05, 4.69) is 5.32 Å². The van der Waals surface area contributed by atoms with Crippen molar-refractivity contribution in [1.82, 2.24) is 5.32 Å². The first-order valence-corrected chi connectivity index (χ1v) is 4.74. The van der Waals surface area contributed by atoms with E-state index in [-0.39, 0.29) is 6.54 Å². The molecule has 0 amide bonds. The number of nitrogens with one attached hydrogen (secondary N) is 1. The third kappa shape index (κ3) is 7.26. The molecule has 0 fully saturated rings. The van der Waals surface area contributed by atoms with Gasteiger partial charge in [-0.15, -0.1) is 0 Å². The predicted molar refractivity (Wildman–Crippen MR) is 53.8 cm³/mol. The van der Waals surface area contributed by atoms with Crippen molar-refractivity contribution in [2.45, 2.75) is 12.5 Å². The van der Waals surface area contributed by atoms with Gasteiger partial charge in [-0.1, -0.05) is 0 Å². The van der Waals surface area contributed by atoms with Gasteiger partial charge < -0.3 is 25.0 Å². The summed E-state index contributed by atoms with van der Waals surface area (Å²) in [6, 6.07) is 0. The lowest BCUT2D eigenvalue weighted by Gasteiger charge is -2.18. The molecule has 0 aliphatic heterocycles. The van der Waals surface area contributed by atoms with Crippen molar-refractivity contribution in [3.8, 4) is 0 Å². The summed E-state index contributed by atoms with van der Waals surface area (Å²) in [4.78, 5) is 10.5. The van der Waals surface area contributed by atoms with Crippen LogP contribution in [0.2, 0.25) is 0 Å². The van der Waals surface area contributed by atoms with Crippen molar-refractivity contribution in [2.75, 3.05) is 40.0 Å². The number of aliphatic hydroxyl groups is 1. The molecule has 0 rings (SSSR count). The SMILES string of the molecule is COCCOCCNCC(C)(O)C(=O)O. The molecule has 6 heteroatoms. The number of methoxy groups -OCH3 is 1. The highest BCUT2D eigenvalue weighted by atomic mass is 16.5. The van der Waals surface area contributed by atoms with Crippen LogP contribution in [0, 0.1) is 0 Å². The van der Waals surface area contributed by atoms with Crippen molar-refractivity contribution in [3.63, 3.8) is 0 Å². The Balaban J connectivity index is 3.35. The van der Waals surface area contributed by atoms with E-state index in [0.717, 1.165) is 0 Å². The van der Waals surface area contributed by atoms with Crippen LogP contribution in [0.25, 0.3) is 0 Å². The minimum atomic E-state index is -1.73. The molecule has 0 saturated carbocycles. The van der Waals surface area contributed by atoms with E-state index in [4.69, 9.17) is 14.6 Å². The molecule has 0 aromatic carbocycles. The lowest BCUT2D eigenvalue weighted by atomic mass is 10.1. The van der Waals surface area contributed by atoms with Gasteiger partial charge in [0.1, 0.15) is 0 Å². The van der Waals surface area contributed by atoms with Crippen molar-refractivity contribution in [2.24, 2.45) is 0 Å². The first kappa shape index (κ1) is 14.3. The second kappa shape index (κ2) is 7.58. The van der Waals surface area contributed by atoms with Crippen LogP contribution in [-0.4, -0.2) is 61.8 Å². The maximum absolute atomic E-state index is 10.5. The molecule has 3 N–H and O–H groups in total. The molecule has 0 bridgehead atoms. The van der Waals surface area contributed by atoms with Gasteiger partial charge in [0.2, 0.25) is 0 Å². The van der Waals surface area contributed by atoms with E-state index < -0.39 is 11.6 Å². The Morgan fingerprint density at radius 3 is 2.60 bits per heavy atom. The number of rotatable bonds is 9. The summed E-state index contributed by atoms with van der Waals surface area (Å²) in [5.41, 5.74) is -1.73. The van der Waals surface area contributed by atoms with Gasteiger partial charge in [0.25, 0.3) is 0 Å². The highest BCUT2D eigenvalue weighted by Crippen LogP contribution is 1.99. The van der Waals surface area contributed by atoms with E-state index in [0.29, 0.717) is 26.4 Å². The molecular formula is C9H19NO5. The van der Waals surface area contributed by atoms with E-state index >= 15 is 0 Å². The molecule has 90 valence electrons. The Bertz CT molecular complexity index is 183. The number of carboxylic acid groups (broad SMARTS) is 1. The van der Waals surface area contributed by atoms with Gasteiger partial charge in [-0.25, -0.2) is 4.79 Å². The van der Waals surface area contributed by atoms with Crippen LogP contribution >= 0.6 is 0 Å². The highest BCUT2D eigenvalue weighted by molar-refractivity contribution is 5.76. The molecule has 1 atom stereocenters. The number of aliphatic carboxylic acids is 1. The molecule has 0 aromatic heterocycles. The summed E-state index contributed by atoms with van der Waals surface area (Å²) in [5.74, 6) is -1.24. The van der Waals surface area contributed by atoms with Crippen molar-refractivity contribution in [3.05, 3.63) is 0 Å². The lowest BCUT2D eigenvalue weighted by molar-refractivity contribution is -0.156. The van der Waals surface area contributed by atoms with Gasteiger partial charge in [-0.3, -0.25) is 0 Å². The Morgan fingerprint density at radius 2 is 2.07 bits per heavy atom. The summed E-state index contributed by atoms with van der Waals surface area (Å²) in [5, 5.41) is 20.7. The van der Waals surface area contributed by atoms with E-state index in [9.17, 15) is 9.90 Å². The third-order valence-corrected chi connectivity index (χ3v) is 1.78. The van der Waals surface area contributed by atoms with Gasteiger partial charge >= 0.3 is 5.97 Å². The van der Waals surface area contributed by atoms with Crippen molar-refractivity contribution in [1.29, 1.82) is 0 Å². The van der Waals surface area contributed by atoms with Gasteiger partial charge in [0, 0.05) is 20.2 Å². The number of ether oxygens (including phenoxy) is 2. The maximum Gasteiger partial charge on any atom is 0.336 e. The van der Waals surface area contributed by atoms with Crippen LogP contribution in [0.5, 0.6) is 0 Å². The van der Waals surface area contributed by atoms with Crippen molar-refractivity contribution >= 4 is 5.97 Å². The second-order valence-electron chi connectivity index (χ2n) is 3.36. The molecule has 1 unspecified atom stereocenters. The van der Waals surface area contributed by atoms with Crippen LogP contribution in [0.15, 0.2) is 0 Å². The molecule has 0 saturated heterocycles.